The number of hydrogen-bond acceptors (Lipinski definition) is 3. The number of ether oxygens (including phenoxy) is 1. The van der Waals surface area contributed by atoms with E-state index in [0.29, 0.717) is 0 Å². The number of carbonyl (C=O) groups is 1. The zero-order valence-electron chi connectivity index (χ0n) is 14.6. The number of benzene rings is 2. The fourth-order valence-electron chi connectivity index (χ4n) is 2.93. The lowest BCUT2D eigenvalue weighted by molar-refractivity contribution is -0.117. The van der Waals surface area contributed by atoms with Gasteiger partial charge in [-0.1, -0.05) is 42.5 Å². The molecule has 1 aliphatic heterocycles. The molecule has 5 heteroatoms. The Hall–Kier alpha value is -2.50. The Kier molecular flexibility index (Phi) is 6.52. The molecule has 1 aliphatic rings. The number of carbonyl (C=O) groups excluding carboxylic acids is 1. The molecule has 2 aromatic rings. The molecule has 0 aliphatic carbocycles. The van der Waals surface area contributed by atoms with Crippen LogP contribution in [-0.2, 0) is 9.53 Å². The van der Waals surface area contributed by atoms with Gasteiger partial charge in [0.25, 0.3) is 0 Å². The molecule has 1 fully saturated rings. The first kappa shape index (κ1) is 18.3. The standard InChI is InChI=1S/C21H23FN2O2/c22-19-9-6-17(7-10-19)8-11-21(25)23-20(18-4-2-1-3-5-18)16-24-12-14-26-15-13-24/h1-11,20H,12-16H2,(H,23,25)/b11-8+/t20-/m1/s1. The van der Waals surface area contributed by atoms with Gasteiger partial charge in [0.2, 0.25) is 5.91 Å². The minimum atomic E-state index is -0.291. The van der Waals surface area contributed by atoms with Crippen LogP contribution in [0.4, 0.5) is 4.39 Å². The van der Waals surface area contributed by atoms with E-state index < -0.39 is 0 Å². The van der Waals surface area contributed by atoms with Gasteiger partial charge in [-0.05, 0) is 29.3 Å². The molecular weight excluding hydrogens is 331 g/mol. The van der Waals surface area contributed by atoms with Crippen LogP contribution in [0.5, 0.6) is 0 Å². The van der Waals surface area contributed by atoms with Gasteiger partial charge in [-0.2, -0.15) is 0 Å². The van der Waals surface area contributed by atoms with E-state index in [4.69, 9.17) is 4.74 Å². The van der Waals surface area contributed by atoms with Gasteiger partial charge in [-0.25, -0.2) is 4.39 Å². The smallest absolute Gasteiger partial charge is 0.244 e. The number of nitrogens with one attached hydrogen (secondary N) is 1. The number of nitrogens with zero attached hydrogens (tertiary/aromatic N) is 1. The summed E-state index contributed by atoms with van der Waals surface area (Å²) in [5.74, 6) is -0.460. The highest BCUT2D eigenvalue weighted by molar-refractivity contribution is 5.92. The van der Waals surface area contributed by atoms with Crippen molar-refractivity contribution in [2.45, 2.75) is 6.04 Å². The van der Waals surface area contributed by atoms with Crippen molar-refractivity contribution in [2.75, 3.05) is 32.8 Å². The summed E-state index contributed by atoms with van der Waals surface area (Å²) >= 11 is 0. The van der Waals surface area contributed by atoms with E-state index in [1.807, 2.05) is 30.3 Å². The normalized spacial score (nSPS) is 16.5. The molecule has 1 amide bonds. The first-order chi connectivity index (χ1) is 12.7. The van der Waals surface area contributed by atoms with Crippen LogP contribution in [0.2, 0.25) is 0 Å². The second-order valence-electron chi connectivity index (χ2n) is 6.27. The van der Waals surface area contributed by atoms with Crippen LogP contribution in [0.25, 0.3) is 6.08 Å². The predicted molar refractivity (Wildman–Crippen MR) is 100 cm³/mol. The lowest BCUT2D eigenvalue weighted by Crippen LogP contribution is -2.42. The Bertz CT molecular complexity index is 725. The van der Waals surface area contributed by atoms with Crippen molar-refractivity contribution < 1.29 is 13.9 Å². The molecule has 0 bridgehead atoms. The van der Waals surface area contributed by atoms with Gasteiger partial charge >= 0.3 is 0 Å². The fraction of sp³-hybridized carbons (Fsp3) is 0.286. The molecule has 3 rings (SSSR count). The van der Waals surface area contributed by atoms with Crippen LogP contribution in [0.15, 0.2) is 60.7 Å². The van der Waals surface area contributed by atoms with Gasteiger partial charge < -0.3 is 10.1 Å². The second kappa shape index (κ2) is 9.27. The Morgan fingerprint density at radius 2 is 1.81 bits per heavy atom. The average molecular weight is 354 g/mol. The summed E-state index contributed by atoms with van der Waals surface area (Å²) < 4.78 is 18.3. The first-order valence-electron chi connectivity index (χ1n) is 8.80. The van der Waals surface area contributed by atoms with E-state index in [2.05, 4.69) is 10.2 Å². The van der Waals surface area contributed by atoms with Crippen LogP contribution in [0.3, 0.4) is 0 Å². The highest BCUT2D eigenvalue weighted by atomic mass is 19.1. The van der Waals surface area contributed by atoms with Crippen molar-refractivity contribution in [3.8, 4) is 0 Å². The van der Waals surface area contributed by atoms with E-state index >= 15 is 0 Å². The molecule has 1 atom stereocenters. The SMILES string of the molecule is O=C(/C=C/c1ccc(F)cc1)N[C@H](CN1CCOCC1)c1ccccc1. The maximum atomic E-state index is 13.0. The van der Waals surface area contributed by atoms with E-state index in [0.717, 1.165) is 44.0 Å². The molecule has 26 heavy (non-hydrogen) atoms. The van der Waals surface area contributed by atoms with Crippen LogP contribution < -0.4 is 5.32 Å². The number of amides is 1. The van der Waals surface area contributed by atoms with Crippen molar-refractivity contribution in [1.29, 1.82) is 0 Å². The summed E-state index contributed by atoms with van der Waals surface area (Å²) in [6.07, 6.45) is 3.17. The van der Waals surface area contributed by atoms with Gasteiger partial charge in [0.15, 0.2) is 0 Å². The molecule has 0 spiro atoms. The van der Waals surface area contributed by atoms with E-state index in [-0.39, 0.29) is 17.8 Å². The van der Waals surface area contributed by atoms with Crippen molar-refractivity contribution in [1.82, 2.24) is 10.2 Å². The van der Waals surface area contributed by atoms with E-state index in [1.54, 1.807) is 18.2 Å². The summed E-state index contributed by atoms with van der Waals surface area (Å²) in [4.78, 5) is 14.7. The lowest BCUT2D eigenvalue weighted by Gasteiger charge is -2.31. The van der Waals surface area contributed by atoms with Crippen molar-refractivity contribution in [3.63, 3.8) is 0 Å². The van der Waals surface area contributed by atoms with Crippen LogP contribution in [-0.4, -0.2) is 43.7 Å². The fourth-order valence-corrected chi connectivity index (χ4v) is 2.93. The Balaban J connectivity index is 1.66. The molecule has 0 radical (unpaired) electrons. The Labute approximate surface area is 153 Å². The first-order valence-corrected chi connectivity index (χ1v) is 8.80. The van der Waals surface area contributed by atoms with Crippen molar-refractivity contribution in [2.24, 2.45) is 0 Å². The zero-order valence-corrected chi connectivity index (χ0v) is 14.6. The molecular formula is C21H23FN2O2. The molecule has 0 saturated carbocycles. The highest BCUT2D eigenvalue weighted by Gasteiger charge is 2.19. The third-order valence-corrected chi connectivity index (χ3v) is 4.36. The maximum Gasteiger partial charge on any atom is 0.244 e. The minimum absolute atomic E-state index is 0.0975. The third kappa shape index (κ3) is 5.51. The van der Waals surface area contributed by atoms with Crippen molar-refractivity contribution >= 4 is 12.0 Å². The van der Waals surface area contributed by atoms with Gasteiger partial charge in [-0.15, -0.1) is 0 Å². The number of hydrogen-bond donors (Lipinski definition) is 1. The molecule has 1 saturated heterocycles. The third-order valence-electron chi connectivity index (χ3n) is 4.36. The van der Waals surface area contributed by atoms with Crippen LogP contribution in [0.1, 0.15) is 17.2 Å². The highest BCUT2D eigenvalue weighted by Crippen LogP contribution is 2.15. The second-order valence-corrected chi connectivity index (χ2v) is 6.27. The monoisotopic (exact) mass is 354 g/mol. The molecule has 0 aromatic heterocycles. The molecule has 1 heterocycles. The lowest BCUT2D eigenvalue weighted by atomic mass is 10.1. The summed E-state index contributed by atoms with van der Waals surface area (Å²) in [6.45, 7) is 3.92. The largest absolute Gasteiger partial charge is 0.379 e. The Morgan fingerprint density at radius 3 is 2.50 bits per heavy atom. The van der Waals surface area contributed by atoms with Gasteiger partial charge in [-0.3, -0.25) is 9.69 Å². The van der Waals surface area contributed by atoms with Crippen LogP contribution in [0, 0.1) is 5.82 Å². The predicted octanol–water partition coefficient (Wildman–Crippen LogP) is 3.03. The molecule has 136 valence electrons. The summed E-state index contributed by atoms with van der Waals surface area (Å²) in [6, 6.07) is 15.9. The van der Waals surface area contributed by atoms with E-state index in [9.17, 15) is 9.18 Å². The summed E-state index contributed by atoms with van der Waals surface area (Å²) in [5, 5.41) is 3.08. The number of halogens is 1. The molecule has 4 nitrogen and oxygen atoms in total. The van der Waals surface area contributed by atoms with Gasteiger partial charge in [0, 0.05) is 25.7 Å². The molecule has 1 N–H and O–H groups in total. The molecule has 2 aromatic carbocycles. The summed E-state index contributed by atoms with van der Waals surface area (Å²) in [5.41, 5.74) is 1.86. The maximum absolute atomic E-state index is 13.0. The number of rotatable bonds is 6. The van der Waals surface area contributed by atoms with Crippen LogP contribution >= 0.6 is 0 Å². The average Bonchev–Trinajstić information content (AvgIpc) is 2.68. The Morgan fingerprint density at radius 1 is 1.12 bits per heavy atom. The minimum Gasteiger partial charge on any atom is -0.379 e. The summed E-state index contributed by atoms with van der Waals surface area (Å²) in [7, 11) is 0. The van der Waals surface area contributed by atoms with Gasteiger partial charge in [0.05, 0.1) is 19.3 Å². The van der Waals surface area contributed by atoms with E-state index in [1.165, 1.54) is 18.2 Å². The number of morpholine rings is 1. The quantitative estimate of drug-likeness (QED) is 0.811. The van der Waals surface area contributed by atoms with Gasteiger partial charge in [0.1, 0.15) is 5.82 Å². The zero-order chi connectivity index (χ0) is 18.2. The molecule has 0 unspecified atom stereocenters. The van der Waals surface area contributed by atoms with Crippen molar-refractivity contribution in [3.05, 3.63) is 77.6 Å². The topological polar surface area (TPSA) is 41.6 Å².